The maximum Gasteiger partial charge on any atom is 0.119 e. The van der Waals surface area contributed by atoms with E-state index in [-0.39, 0.29) is 0 Å². The highest BCUT2D eigenvalue weighted by molar-refractivity contribution is 5.40. The van der Waals surface area contributed by atoms with Gasteiger partial charge >= 0.3 is 0 Å². The number of hydrogen-bond donors (Lipinski definition) is 1. The van der Waals surface area contributed by atoms with Crippen molar-refractivity contribution in [1.82, 2.24) is 4.90 Å². The van der Waals surface area contributed by atoms with Crippen LogP contribution in [0.25, 0.3) is 0 Å². The van der Waals surface area contributed by atoms with E-state index in [1.165, 1.54) is 5.56 Å². The van der Waals surface area contributed by atoms with E-state index in [9.17, 15) is 5.11 Å². The molecule has 0 saturated heterocycles. The molecule has 94 valence electrons. The molecule has 0 aromatic heterocycles. The number of hydrogen-bond acceptors (Lipinski definition) is 2. The first-order valence-corrected chi connectivity index (χ1v) is 6.35. The quantitative estimate of drug-likeness (QED) is 0.732. The molecule has 0 atom stereocenters. The molecule has 0 heterocycles. The normalized spacial score (nSPS) is 10.8. The zero-order valence-corrected chi connectivity index (χ0v) is 10.9. The van der Waals surface area contributed by atoms with Gasteiger partial charge in [0.05, 0.1) is 0 Å². The Morgan fingerprint density at radius 3 is 2.59 bits per heavy atom. The number of rotatable bonds is 7. The van der Waals surface area contributed by atoms with Gasteiger partial charge in [-0.15, -0.1) is 6.58 Å². The van der Waals surface area contributed by atoms with Gasteiger partial charge in [-0.25, -0.2) is 0 Å². The van der Waals surface area contributed by atoms with Crippen LogP contribution in [-0.2, 0) is 12.8 Å². The summed E-state index contributed by atoms with van der Waals surface area (Å²) in [5.74, 6) is 0.391. The van der Waals surface area contributed by atoms with Gasteiger partial charge in [-0.3, -0.25) is 0 Å². The zero-order valence-electron chi connectivity index (χ0n) is 10.9. The molecule has 0 bridgehead atoms. The lowest BCUT2D eigenvalue weighted by Crippen LogP contribution is -2.25. The molecule has 1 N–H and O–H groups in total. The SMILES string of the molecule is C=CCc1c(O)cccc1CCN(CC)CC. The molecule has 0 aliphatic carbocycles. The molecule has 17 heavy (non-hydrogen) atoms. The average Bonchev–Trinajstić information content (AvgIpc) is 2.34. The van der Waals surface area contributed by atoms with Crippen molar-refractivity contribution in [3.63, 3.8) is 0 Å². The molecule has 0 radical (unpaired) electrons. The molecule has 0 aliphatic heterocycles. The number of aromatic hydroxyl groups is 1. The summed E-state index contributed by atoms with van der Waals surface area (Å²) >= 11 is 0. The fourth-order valence-electron chi connectivity index (χ4n) is 2.05. The van der Waals surface area contributed by atoms with E-state index in [2.05, 4.69) is 31.4 Å². The van der Waals surface area contributed by atoms with Gasteiger partial charge in [0.1, 0.15) is 5.75 Å². The van der Waals surface area contributed by atoms with Gasteiger partial charge in [-0.05, 0) is 37.6 Å². The first-order chi connectivity index (χ1) is 8.22. The number of likely N-dealkylation sites (N-methyl/N-ethyl adjacent to an activating group) is 1. The highest BCUT2D eigenvalue weighted by Gasteiger charge is 2.07. The molecule has 2 nitrogen and oxygen atoms in total. The van der Waals surface area contributed by atoms with E-state index in [4.69, 9.17) is 0 Å². The van der Waals surface area contributed by atoms with Crippen LogP contribution < -0.4 is 0 Å². The zero-order chi connectivity index (χ0) is 12.7. The van der Waals surface area contributed by atoms with Crippen molar-refractivity contribution in [2.45, 2.75) is 26.7 Å². The van der Waals surface area contributed by atoms with E-state index >= 15 is 0 Å². The van der Waals surface area contributed by atoms with Crippen LogP contribution in [0.4, 0.5) is 0 Å². The van der Waals surface area contributed by atoms with Crippen LogP contribution in [0, 0.1) is 0 Å². The predicted molar refractivity (Wildman–Crippen MR) is 73.5 cm³/mol. The summed E-state index contributed by atoms with van der Waals surface area (Å²) in [6, 6.07) is 5.77. The molecule has 0 unspecified atom stereocenters. The van der Waals surface area contributed by atoms with E-state index in [0.29, 0.717) is 5.75 Å². The molecule has 0 spiro atoms. The molecule has 0 aliphatic rings. The lowest BCUT2D eigenvalue weighted by Gasteiger charge is -2.19. The summed E-state index contributed by atoms with van der Waals surface area (Å²) in [4.78, 5) is 2.39. The fraction of sp³-hybridized carbons (Fsp3) is 0.467. The maximum absolute atomic E-state index is 9.84. The minimum Gasteiger partial charge on any atom is -0.508 e. The number of nitrogens with zero attached hydrogens (tertiary/aromatic N) is 1. The van der Waals surface area contributed by atoms with Crippen LogP contribution in [0.2, 0.25) is 0 Å². The molecular formula is C15H23NO. The minimum absolute atomic E-state index is 0.391. The second kappa shape index (κ2) is 7.13. The number of benzene rings is 1. The third-order valence-corrected chi connectivity index (χ3v) is 3.19. The Kier molecular flexibility index (Phi) is 5.78. The van der Waals surface area contributed by atoms with E-state index < -0.39 is 0 Å². The predicted octanol–water partition coefficient (Wildman–Crippen LogP) is 3.01. The van der Waals surface area contributed by atoms with Gasteiger partial charge in [-0.2, -0.15) is 0 Å². The Hall–Kier alpha value is -1.28. The highest BCUT2D eigenvalue weighted by Crippen LogP contribution is 2.22. The lowest BCUT2D eigenvalue weighted by molar-refractivity contribution is 0.307. The summed E-state index contributed by atoms with van der Waals surface area (Å²) in [7, 11) is 0. The smallest absolute Gasteiger partial charge is 0.119 e. The van der Waals surface area contributed by atoms with Crippen LogP contribution >= 0.6 is 0 Å². The van der Waals surface area contributed by atoms with Crippen molar-refractivity contribution in [2.24, 2.45) is 0 Å². The third kappa shape index (κ3) is 3.90. The maximum atomic E-state index is 9.84. The van der Waals surface area contributed by atoms with Gasteiger partial charge < -0.3 is 10.0 Å². The van der Waals surface area contributed by atoms with Crippen LogP contribution in [0.3, 0.4) is 0 Å². The Morgan fingerprint density at radius 2 is 2.00 bits per heavy atom. The Morgan fingerprint density at radius 1 is 1.29 bits per heavy atom. The number of phenolic OH excluding ortho intramolecular Hbond substituents is 1. The van der Waals surface area contributed by atoms with Gasteiger partial charge in [0, 0.05) is 12.1 Å². The first kappa shape index (κ1) is 13.8. The second-order valence-corrected chi connectivity index (χ2v) is 4.18. The highest BCUT2D eigenvalue weighted by atomic mass is 16.3. The van der Waals surface area contributed by atoms with Crippen LogP contribution in [0.15, 0.2) is 30.9 Å². The lowest BCUT2D eigenvalue weighted by atomic mass is 10.0. The largest absolute Gasteiger partial charge is 0.508 e. The minimum atomic E-state index is 0.391. The van der Waals surface area contributed by atoms with Crippen LogP contribution in [0.5, 0.6) is 5.75 Å². The summed E-state index contributed by atoms with van der Waals surface area (Å²) in [5.41, 5.74) is 2.26. The molecule has 1 aromatic carbocycles. The number of allylic oxidation sites excluding steroid dienone is 1. The fourth-order valence-corrected chi connectivity index (χ4v) is 2.05. The molecule has 2 heteroatoms. The second-order valence-electron chi connectivity index (χ2n) is 4.18. The Balaban J connectivity index is 2.75. The van der Waals surface area contributed by atoms with E-state index in [0.717, 1.165) is 38.0 Å². The average molecular weight is 233 g/mol. The van der Waals surface area contributed by atoms with Crippen molar-refractivity contribution in [3.05, 3.63) is 42.0 Å². The van der Waals surface area contributed by atoms with Gasteiger partial charge in [0.2, 0.25) is 0 Å². The van der Waals surface area contributed by atoms with Crippen molar-refractivity contribution in [2.75, 3.05) is 19.6 Å². The summed E-state index contributed by atoms with van der Waals surface area (Å²) in [5, 5.41) is 9.84. The molecular weight excluding hydrogens is 210 g/mol. The Labute approximate surface area is 105 Å². The Bertz CT molecular complexity index is 356. The topological polar surface area (TPSA) is 23.5 Å². The van der Waals surface area contributed by atoms with E-state index in [1.54, 1.807) is 6.07 Å². The molecule has 0 fully saturated rings. The third-order valence-electron chi connectivity index (χ3n) is 3.19. The molecule has 0 amide bonds. The van der Waals surface area contributed by atoms with Gasteiger partial charge in [0.25, 0.3) is 0 Å². The van der Waals surface area contributed by atoms with Crippen LogP contribution in [-0.4, -0.2) is 29.6 Å². The molecule has 0 saturated carbocycles. The molecule has 1 rings (SSSR count). The van der Waals surface area contributed by atoms with Crippen molar-refractivity contribution in [1.29, 1.82) is 0 Å². The summed E-state index contributed by atoms with van der Waals surface area (Å²) in [6.07, 6.45) is 3.56. The van der Waals surface area contributed by atoms with Crippen LogP contribution in [0.1, 0.15) is 25.0 Å². The van der Waals surface area contributed by atoms with E-state index in [1.807, 2.05) is 12.1 Å². The first-order valence-electron chi connectivity index (χ1n) is 6.35. The van der Waals surface area contributed by atoms with Crippen molar-refractivity contribution < 1.29 is 5.11 Å². The van der Waals surface area contributed by atoms with Gasteiger partial charge in [0.15, 0.2) is 0 Å². The van der Waals surface area contributed by atoms with Gasteiger partial charge in [-0.1, -0.05) is 32.1 Å². The van der Waals surface area contributed by atoms with Crippen molar-refractivity contribution >= 4 is 0 Å². The molecule has 1 aromatic rings. The monoisotopic (exact) mass is 233 g/mol. The standard InChI is InChI=1S/C15H23NO/c1-4-8-14-13(9-7-10-15(14)17)11-12-16(5-2)6-3/h4,7,9-10,17H,1,5-6,8,11-12H2,2-3H3. The van der Waals surface area contributed by atoms with Crippen molar-refractivity contribution in [3.8, 4) is 5.75 Å². The summed E-state index contributed by atoms with van der Waals surface area (Å²) in [6.45, 7) is 11.3. The summed E-state index contributed by atoms with van der Waals surface area (Å²) < 4.78 is 0. The number of phenols is 1.